The molecule has 2 heterocycles. The summed E-state index contributed by atoms with van der Waals surface area (Å²) in [6.07, 6.45) is 3.68. The number of fused-ring (bicyclic) bond motifs is 1. The minimum atomic E-state index is -0.141. The van der Waals surface area contributed by atoms with Gasteiger partial charge in [-0.15, -0.1) is 11.3 Å². The molecule has 3 rings (SSSR count). The lowest BCUT2D eigenvalue weighted by atomic mass is 9.93. The molecule has 1 aromatic heterocycles. The van der Waals surface area contributed by atoms with E-state index in [1.165, 1.54) is 10.4 Å². The monoisotopic (exact) mass is 413 g/mol. The van der Waals surface area contributed by atoms with Crippen molar-refractivity contribution in [2.45, 2.75) is 45.6 Å². The van der Waals surface area contributed by atoms with Gasteiger partial charge in [-0.25, -0.2) is 4.79 Å². The molecule has 1 atom stereocenters. The van der Waals surface area contributed by atoms with E-state index in [1.54, 1.807) is 16.2 Å². The lowest BCUT2D eigenvalue weighted by Crippen LogP contribution is -2.49. The second kappa shape index (κ2) is 10.4. The Labute approximate surface area is 177 Å². The third-order valence-electron chi connectivity index (χ3n) is 5.31. The summed E-state index contributed by atoms with van der Waals surface area (Å²) in [5.74, 6) is 0.00907. The maximum absolute atomic E-state index is 13.3. The van der Waals surface area contributed by atoms with E-state index in [0.29, 0.717) is 19.6 Å². The molecule has 3 amide bonds. The van der Waals surface area contributed by atoms with Gasteiger partial charge < -0.3 is 15.1 Å². The fraction of sp³-hybridized carbons (Fsp3) is 0.478. The molecule has 5 nitrogen and oxygen atoms in total. The van der Waals surface area contributed by atoms with Gasteiger partial charge in [0.05, 0.1) is 6.04 Å². The molecule has 0 fully saturated rings. The van der Waals surface area contributed by atoms with Crippen LogP contribution in [0.2, 0.25) is 0 Å². The number of thiophene rings is 1. The Hall–Kier alpha value is -2.34. The van der Waals surface area contributed by atoms with Crippen LogP contribution >= 0.6 is 11.3 Å². The molecule has 0 radical (unpaired) electrons. The average molecular weight is 414 g/mol. The van der Waals surface area contributed by atoms with Gasteiger partial charge >= 0.3 is 6.03 Å². The third-order valence-corrected chi connectivity index (χ3v) is 6.31. The number of nitrogens with one attached hydrogen (secondary N) is 1. The first-order chi connectivity index (χ1) is 14.2. The van der Waals surface area contributed by atoms with Crippen LogP contribution in [0.3, 0.4) is 0 Å². The van der Waals surface area contributed by atoms with Crippen molar-refractivity contribution in [3.05, 3.63) is 57.8 Å². The van der Waals surface area contributed by atoms with Gasteiger partial charge in [-0.05, 0) is 41.8 Å². The minimum Gasteiger partial charge on any atom is -0.338 e. The molecule has 29 heavy (non-hydrogen) atoms. The van der Waals surface area contributed by atoms with Gasteiger partial charge in [0.25, 0.3) is 0 Å². The molecule has 156 valence electrons. The second-order valence-electron chi connectivity index (χ2n) is 7.46. The van der Waals surface area contributed by atoms with Crippen LogP contribution in [0, 0.1) is 0 Å². The molecule has 0 saturated heterocycles. The molecule has 0 aliphatic carbocycles. The first-order valence-corrected chi connectivity index (χ1v) is 11.5. The lowest BCUT2D eigenvalue weighted by Gasteiger charge is -2.37. The summed E-state index contributed by atoms with van der Waals surface area (Å²) in [5, 5.41) is 5.06. The third kappa shape index (κ3) is 5.18. The molecule has 1 N–H and O–H groups in total. The topological polar surface area (TPSA) is 52.7 Å². The Bertz CT molecular complexity index is 805. The number of carbonyl (C=O) groups is 2. The maximum atomic E-state index is 13.3. The van der Waals surface area contributed by atoms with Gasteiger partial charge in [-0.1, -0.05) is 50.6 Å². The van der Waals surface area contributed by atoms with Crippen LogP contribution in [0.15, 0.2) is 41.8 Å². The molecular weight excluding hydrogens is 382 g/mol. The molecule has 1 unspecified atom stereocenters. The Morgan fingerprint density at radius 2 is 1.97 bits per heavy atom. The highest BCUT2D eigenvalue weighted by atomic mass is 32.1. The zero-order chi connectivity index (χ0) is 20.6. The van der Waals surface area contributed by atoms with E-state index in [0.717, 1.165) is 31.2 Å². The second-order valence-corrected chi connectivity index (χ2v) is 8.46. The molecule has 0 bridgehead atoms. The van der Waals surface area contributed by atoms with E-state index in [9.17, 15) is 9.59 Å². The smallest absolute Gasteiger partial charge is 0.317 e. The van der Waals surface area contributed by atoms with Crippen LogP contribution in [0.4, 0.5) is 4.79 Å². The van der Waals surface area contributed by atoms with Crippen LogP contribution in [0.5, 0.6) is 0 Å². The summed E-state index contributed by atoms with van der Waals surface area (Å²) in [6.45, 7) is 6.16. The molecule has 2 aromatic rings. The number of unbranched alkanes of at least 4 members (excludes halogenated alkanes) is 1. The van der Waals surface area contributed by atoms with Crippen LogP contribution in [-0.4, -0.2) is 47.9 Å². The van der Waals surface area contributed by atoms with E-state index in [2.05, 4.69) is 35.8 Å². The number of urea groups is 1. The fourth-order valence-corrected chi connectivity index (χ4v) is 4.74. The quantitative estimate of drug-likeness (QED) is 0.650. The van der Waals surface area contributed by atoms with Crippen molar-refractivity contribution in [1.29, 1.82) is 0 Å². The summed E-state index contributed by atoms with van der Waals surface area (Å²) in [4.78, 5) is 30.9. The SMILES string of the molecule is CCCCNC(=O)N(CCC)CC(=O)N1CCc2sccc2C1c1ccccc1. The van der Waals surface area contributed by atoms with E-state index < -0.39 is 0 Å². The highest BCUT2D eigenvalue weighted by molar-refractivity contribution is 7.10. The highest BCUT2D eigenvalue weighted by Gasteiger charge is 2.33. The van der Waals surface area contributed by atoms with Gasteiger partial charge in [-0.3, -0.25) is 4.79 Å². The van der Waals surface area contributed by atoms with Crippen LogP contribution < -0.4 is 5.32 Å². The van der Waals surface area contributed by atoms with E-state index in [1.807, 2.05) is 30.0 Å². The molecule has 0 saturated carbocycles. The van der Waals surface area contributed by atoms with Crippen LogP contribution in [-0.2, 0) is 11.2 Å². The molecule has 1 aliphatic heterocycles. The minimum absolute atomic E-state index is 0.00907. The van der Waals surface area contributed by atoms with E-state index >= 15 is 0 Å². The number of nitrogens with zero attached hydrogens (tertiary/aromatic N) is 2. The molecule has 1 aliphatic rings. The summed E-state index contributed by atoms with van der Waals surface area (Å²) in [7, 11) is 0. The first-order valence-electron chi connectivity index (χ1n) is 10.6. The van der Waals surface area contributed by atoms with Gasteiger partial charge in [0.1, 0.15) is 6.54 Å². The van der Waals surface area contributed by atoms with Crippen LogP contribution in [0.25, 0.3) is 0 Å². The van der Waals surface area contributed by atoms with Crippen molar-refractivity contribution >= 4 is 23.3 Å². The zero-order valence-electron chi connectivity index (χ0n) is 17.4. The number of benzene rings is 1. The number of carbonyl (C=O) groups excluding carboxylic acids is 2. The Morgan fingerprint density at radius 1 is 1.17 bits per heavy atom. The van der Waals surface area contributed by atoms with Gasteiger partial charge in [-0.2, -0.15) is 0 Å². The van der Waals surface area contributed by atoms with Crippen molar-refractivity contribution in [2.75, 3.05) is 26.2 Å². The summed E-state index contributed by atoms with van der Waals surface area (Å²) in [6, 6.07) is 12.1. The van der Waals surface area contributed by atoms with E-state index in [-0.39, 0.29) is 24.5 Å². The Balaban J connectivity index is 1.78. The Kier molecular flexibility index (Phi) is 7.69. The fourth-order valence-electron chi connectivity index (χ4n) is 3.84. The van der Waals surface area contributed by atoms with Crippen molar-refractivity contribution < 1.29 is 9.59 Å². The standard InChI is InChI=1S/C23H31N3O2S/c1-3-5-13-24-23(28)25(14-4-2)17-21(27)26-15-11-20-19(12-16-29-20)22(26)18-9-7-6-8-10-18/h6-10,12,16,22H,3-5,11,13-15,17H2,1-2H3,(H,24,28). The molecule has 1 aromatic carbocycles. The molecule has 6 heteroatoms. The predicted molar refractivity (Wildman–Crippen MR) is 118 cm³/mol. The van der Waals surface area contributed by atoms with Crippen LogP contribution in [0.1, 0.15) is 55.2 Å². The zero-order valence-corrected chi connectivity index (χ0v) is 18.2. The van der Waals surface area contributed by atoms with Gasteiger partial charge in [0.15, 0.2) is 0 Å². The van der Waals surface area contributed by atoms with E-state index in [4.69, 9.17) is 0 Å². The van der Waals surface area contributed by atoms with Crippen molar-refractivity contribution in [3.8, 4) is 0 Å². The largest absolute Gasteiger partial charge is 0.338 e. The lowest BCUT2D eigenvalue weighted by molar-refractivity contribution is -0.133. The first kappa shape index (κ1) is 21.4. The number of hydrogen-bond donors (Lipinski definition) is 1. The normalized spacial score (nSPS) is 15.7. The van der Waals surface area contributed by atoms with Crippen molar-refractivity contribution in [1.82, 2.24) is 15.1 Å². The summed E-state index contributed by atoms with van der Waals surface area (Å²) in [5.41, 5.74) is 2.34. The number of amides is 3. The predicted octanol–water partition coefficient (Wildman–Crippen LogP) is 4.44. The summed E-state index contributed by atoms with van der Waals surface area (Å²) >= 11 is 1.76. The highest BCUT2D eigenvalue weighted by Crippen LogP contribution is 2.37. The molecular formula is C23H31N3O2S. The Morgan fingerprint density at radius 3 is 2.69 bits per heavy atom. The molecule has 0 spiro atoms. The van der Waals surface area contributed by atoms with Crippen molar-refractivity contribution in [2.24, 2.45) is 0 Å². The maximum Gasteiger partial charge on any atom is 0.317 e. The van der Waals surface area contributed by atoms with Crippen molar-refractivity contribution in [3.63, 3.8) is 0 Å². The van der Waals surface area contributed by atoms with Gasteiger partial charge in [0, 0.05) is 24.5 Å². The average Bonchev–Trinajstić information content (AvgIpc) is 3.22. The number of rotatable bonds is 8. The number of hydrogen-bond acceptors (Lipinski definition) is 3. The summed E-state index contributed by atoms with van der Waals surface area (Å²) < 4.78 is 0. The van der Waals surface area contributed by atoms with Gasteiger partial charge in [0.2, 0.25) is 5.91 Å².